The number of likely N-dealkylation sites (N-methyl/N-ethyl adjacent to an activating group) is 1. The lowest BCUT2D eigenvalue weighted by atomic mass is 10.2. The molecule has 0 unspecified atom stereocenters. The molecule has 2 aromatic carbocycles. The van der Waals surface area contributed by atoms with Crippen molar-refractivity contribution in [2.75, 3.05) is 25.9 Å². The molecule has 0 atom stereocenters. The van der Waals surface area contributed by atoms with E-state index in [1.165, 1.54) is 0 Å². The fourth-order valence-electron chi connectivity index (χ4n) is 1.76. The third-order valence-corrected chi connectivity index (χ3v) is 2.94. The van der Waals surface area contributed by atoms with Crippen molar-refractivity contribution in [3.63, 3.8) is 0 Å². The number of amides is 1. The summed E-state index contributed by atoms with van der Waals surface area (Å²) in [7, 11) is 1.76. The predicted octanol–water partition coefficient (Wildman–Crippen LogP) is 2.42. The van der Waals surface area contributed by atoms with Crippen molar-refractivity contribution in [3.05, 3.63) is 60.2 Å². The van der Waals surface area contributed by atoms with Crippen molar-refractivity contribution < 1.29 is 9.53 Å². The SMILES string of the molecule is CN(CCOc1ccccc1)C(=O)c1ccc(N)cc1. The van der Waals surface area contributed by atoms with Gasteiger partial charge in [0.05, 0.1) is 6.54 Å². The first-order valence-corrected chi connectivity index (χ1v) is 6.45. The number of hydrogen-bond donors (Lipinski definition) is 1. The molecular formula is C16H18N2O2. The molecular weight excluding hydrogens is 252 g/mol. The average molecular weight is 270 g/mol. The summed E-state index contributed by atoms with van der Waals surface area (Å²) in [5.74, 6) is 0.766. The third-order valence-electron chi connectivity index (χ3n) is 2.94. The zero-order chi connectivity index (χ0) is 14.4. The zero-order valence-corrected chi connectivity index (χ0v) is 11.5. The predicted molar refractivity (Wildman–Crippen MR) is 79.8 cm³/mol. The second-order valence-electron chi connectivity index (χ2n) is 4.51. The van der Waals surface area contributed by atoms with Gasteiger partial charge in [-0.2, -0.15) is 0 Å². The van der Waals surface area contributed by atoms with Crippen molar-refractivity contribution in [1.29, 1.82) is 0 Å². The number of para-hydroxylation sites is 1. The van der Waals surface area contributed by atoms with Crippen LogP contribution < -0.4 is 10.5 Å². The topological polar surface area (TPSA) is 55.6 Å². The molecule has 0 spiro atoms. The maximum Gasteiger partial charge on any atom is 0.253 e. The quantitative estimate of drug-likeness (QED) is 0.849. The van der Waals surface area contributed by atoms with E-state index >= 15 is 0 Å². The monoisotopic (exact) mass is 270 g/mol. The molecule has 2 N–H and O–H groups in total. The lowest BCUT2D eigenvalue weighted by Gasteiger charge is -2.17. The van der Waals surface area contributed by atoms with Crippen LogP contribution in [-0.2, 0) is 0 Å². The Morgan fingerprint density at radius 1 is 1.10 bits per heavy atom. The normalized spacial score (nSPS) is 10.1. The first-order valence-electron chi connectivity index (χ1n) is 6.45. The summed E-state index contributed by atoms with van der Waals surface area (Å²) in [5, 5.41) is 0. The Bertz CT molecular complexity index is 552. The molecule has 0 saturated carbocycles. The van der Waals surface area contributed by atoms with Gasteiger partial charge >= 0.3 is 0 Å². The number of ether oxygens (including phenoxy) is 1. The van der Waals surface area contributed by atoms with Crippen LogP contribution in [0.2, 0.25) is 0 Å². The average Bonchev–Trinajstić information content (AvgIpc) is 2.48. The molecule has 0 aliphatic rings. The van der Waals surface area contributed by atoms with Gasteiger partial charge in [-0.05, 0) is 36.4 Å². The second kappa shape index (κ2) is 6.61. The van der Waals surface area contributed by atoms with Crippen molar-refractivity contribution in [2.24, 2.45) is 0 Å². The lowest BCUT2D eigenvalue weighted by molar-refractivity contribution is 0.0774. The van der Waals surface area contributed by atoms with Crippen LogP contribution >= 0.6 is 0 Å². The van der Waals surface area contributed by atoms with Crippen LogP contribution in [0.25, 0.3) is 0 Å². The summed E-state index contributed by atoms with van der Waals surface area (Å²) in [6.45, 7) is 0.985. The molecule has 0 aliphatic carbocycles. The summed E-state index contributed by atoms with van der Waals surface area (Å²) >= 11 is 0. The molecule has 0 aliphatic heterocycles. The Morgan fingerprint density at radius 2 is 1.75 bits per heavy atom. The van der Waals surface area contributed by atoms with Gasteiger partial charge in [0.2, 0.25) is 0 Å². The number of carbonyl (C=O) groups is 1. The van der Waals surface area contributed by atoms with Crippen molar-refractivity contribution in [2.45, 2.75) is 0 Å². The molecule has 1 amide bonds. The molecule has 104 valence electrons. The molecule has 0 aromatic heterocycles. The van der Waals surface area contributed by atoms with Gasteiger partial charge in [0.25, 0.3) is 5.91 Å². The van der Waals surface area contributed by atoms with Gasteiger partial charge in [-0.3, -0.25) is 4.79 Å². The largest absolute Gasteiger partial charge is 0.492 e. The van der Waals surface area contributed by atoms with Crippen molar-refractivity contribution in [3.8, 4) is 5.75 Å². The Hall–Kier alpha value is -2.49. The number of nitrogen functional groups attached to an aromatic ring is 1. The summed E-state index contributed by atoms with van der Waals surface area (Å²) in [5.41, 5.74) is 6.88. The van der Waals surface area contributed by atoms with Gasteiger partial charge in [0, 0.05) is 18.3 Å². The molecule has 2 rings (SSSR count). The fraction of sp³-hybridized carbons (Fsp3) is 0.188. The molecule has 0 radical (unpaired) electrons. The van der Waals surface area contributed by atoms with Crippen molar-refractivity contribution in [1.82, 2.24) is 4.90 Å². The number of hydrogen-bond acceptors (Lipinski definition) is 3. The summed E-state index contributed by atoms with van der Waals surface area (Å²) in [4.78, 5) is 13.8. The smallest absolute Gasteiger partial charge is 0.253 e. The first kappa shape index (κ1) is 13.9. The van der Waals surface area contributed by atoms with E-state index in [1.807, 2.05) is 30.3 Å². The summed E-state index contributed by atoms with van der Waals surface area (Å²) in [6.07, 6.45) is 0. The minimum absolute atomic E-state index is 0.0401. The lowest BCUT2D eigenvalue weighted by Crippen LogP contribution is -2.30. The van der Waals surface area contributed by atoms with Crippen LogP contribution in [0.1, 0.15) is 10.4 Å². The highest BCUT2D eigenvalue weighted by Gasteiger charge is 2.11. The molecule has 0 fully saturated rings. The van der Waals surface area contributed by atoms with E-state index in [9.17, 15) is 4.79 Å². The molecule has 0 saturated heterocycles. The van der Waals surface area contributed by atoms with E-state index in [4.69, 9.17) is 10.5 Å². The summed E-state index contributed by atoms with van der Waals surface area (Å²) in [6, 6.07) is 16.5. The van der Waals surface area contributed by atoms with Crippen LogP contribution in [0.5, 0.6) is 5.75 Å². The molecule has 4 heteroatoms. The van der Waals surface area contributed by atoms with Crippen LogP contribution in [0.3, 0.4) is 0 Å². The van der Waals surface area contributed by atoms with E-state index in [2.05, 4.69) is 0 Å². The molecule has 0 bridgehead atoms. The fourth-order valence-corrected chi connectivity index (χ4v) is 1.76. The minimum atomic E-state index is -0.0401. The number of nitrogens with zero attached hydrogens (tertiary/aromatic N) is 1. The standard InChI is InChI=1S/C16H18N2O2/c1-18(11-12-20-15-5-3-2-4-6-15)16(19)13-7-9-14(17)10-8-13/h2-10H,11-12,17H2,1H3. The number of anilines is 1. The third kappa shape index (κ3) is 3.75. The van der Waals surface area contributed by atoms with E-state index in [-0.39, 0.29) is 5.91 Å². The van der Waals surface area contributed by atoms with E-state index in [0.717, 1.165) is 5.75 Å². The Labute approximate surface area is 118 Å². The van der Waals surface area contributed by atoms with Gasteiger partial charge in [0.15, 0.2) is 0 Å². The Balaban J connectivity index is 1.84. The molecule has 4 nitrogen and oxygen atoms in total. The Morgan fingerprint density at radius 3 is 2.40 bits per heavy atom. The zero-order valence-electron chi connectivity index (χ0n) is 11.5. The van der Waals surface area contributed by atoms with Gasteiger partial charge < -0.3 is 15.4 Å². The highest BCUT2D eigenvalue weighted by Crippen LogP contribution is 2.09. The number of nitrogens with two attached hydrogens (primary N) is 1. The Kier molecular flexibility index (Phi) is 4.60. The van der Waals surface area contributed by atoms with Crippen LogP contribution in [-0.4, -0.2) is 31.0 Å². The van der Waals surface area contributed by atoms with Crippen LogP contribution in [0.15, 0.2) is 54.6 Å². The number of rotatable bonds is 5. The van der Waals surface area contributed by atoms with Crippen LogP contribution in [0, 0.1) is 0 Å². The van der Waals surface area contributed by atoms with Crippen molar-refractivity contribution >= 4 is 11.6 Å². The maximum atomic E-state index is 12.1. The van der Waals surface area contributed by atoms with E-state index in [1.54, 1.807) is 36.2 Å². The van der Waals surface area contributed by atoms with Gasteiger partial charge in [-0.15, -0.1) is 0 Å². The minimum Gasteiger partial charge on any atom is -0.492 e. The summed E-state index contributed by atoms with van der Waals surface area (Å²) < 4.78 is 5.57. The number of carbonyl (C=O) groups excluding carboxylic acids is 1. The van der Waals surface area contributed by atoms with E-state index < -0.39 is 0 Å². The highest BCUT2D eigenvalue weighted by molar-refractivity contribution is 5.94. The van der Waals surface area contributed by atoms with Gasteiger partial charge in [-0.25, -0.2) is 0 Å². The molecule has 20 heavy (non-hydrogen) atoms. The molecule has 2 aromatic rings. The first-order chi connectivity index (χ1) is 9.66. The highest BCUT2D eigenvalue weighted by atomic mass is 16.5. The maximum absolute atomic E-state index is 12.1. The number of benzene rings is 2. The van der Waals surface area contributed by atoms with Gasteiger partial charge in [0.1, 0.15) is 12.4 Å². The molecule has 0 heterocycles. The van der Waals surface area contributed by atoms with Crippen LogP contribution in [0.4, 0.5) is 5.69 Å². The second-order valence-corrected chi connectivity index (χ2v) is 4.51. The van der Waals surface area contributed by atoms with E-state index in [0.29, 0.717) is 24.4 Å². The van der Waals surface area contributed by atoms with Gasteiger partial charge in [-0.1, -0.05) is 18.2 Å².